The molecule has 2 aromatic rings. The predicted molar refractivity (Wildman–Crippen MR) is 82.2 cm³/mol. The van der Waals surface area contributed by atoms with Crippen LogP contribution in [0.1, 0.15) is 25.3 Å². The van der Waals surface area contributed by atoms with E-state index in [0.717, 1.165) is 11.6 Å². The lowest BCUT2D eigenvalue weighted by atomic mass is 10.0. The number of hydrogen-bond donors (Lipinski definition) is 2. The summed E-state index contributed by atoms with van der Waals surface area (Å²) < 4.78 is 40.5. The summed E-state index contributed by atoms with van der Waals surface area (Å²) in [4.78, 5) is -0.530. The van der Waals surface area contributed by atoms with Crippen LogP contribution >= 0.6 is 0 Å². The molecule has 2 rings (SSSR count). The van der Waals surface area contributed by atoms with Crippen LogP contribution in [0, 0.1) is 5.82 Å². The summed E-state index contributed by atoms with van der Waals surface area (Å²) >= 11 is 0. The predicted octanol–water partition coefficient (Wildman–Crippen LogP) is 3.33. The molecular weight excluding hydrogens is 291 g/mol. The number of halogens is 1. The van der Waals surface area contributed by atoms with E-state index in [2.05, 4.69) is 4.72 Å². The van der Waals surface area contributed by atoms with E-state index in [9.17, 15) is 12.8 Å². The van der Waals surface area contributed by atoms with Gasteiger partial charge in [-0.1, -0.05) is 32.0 Å². The number of sulfonamides is 1. The molecule has 0 bridgehead atoms. The van der Waals surface area contributed by atoms with Gasteiger partial charge in [0, 0.05) is 5.69 Å². The van der Waals surface area contributed by atoms with Gasteiger partial charge < -0.3 is 5.73 Å². The van der Waals surface area contributed by atoms with Gasteiger partial charge in [-0.3, -0.25) is 4.72 Å². The zero-order chi connectivity index (χ0) is 15.6. The second-order valence-corrected chi connectivity index (χ2v) is 6.66. The molecule has 0 saturated heterocycles. The first kappa shape index (κ1) is 15.3. The van der Waals surface area contributed by atoms with Crippen LogP contribution in [0.3, 0.4) is 0 Å². The van der Waals surface area contributed by atoms with Gasteiger partial charge in [0.1, 0.15) is 10.7 Å². The summed E-state index contributed by atoms with van der Waals surface area (Å²) in [6, 6.07) is 10.7. The maximum Gasteiger partial charge on any atom is 0.266 e. The Bertz CT molecular complexity index is 721. The molecule has 0 fully saturated rings. The van der Waals surface area contributed by atoms with Crippen LogP contribution in [-0.2, 0) is 10.0 Å². The fraction of sp³-hybridized carbons (Fsp3) is 0.200. The number of anilines is 2. The molecule has 0 aliphatic rings. The third-order valence-corrected chi connectivity index (χ3v) is 4.57. The first-order chi connectivity index (χ1) is 9.81. The topological polar surface area (TPSA) is 72.2 Å². The monoisotopic (exact) mass is 308 g/mol. The van der Waals surface area contributed by atoms with Gasteiger partial charge in [-0.25, -0.2) is 12.8 Å². The smallest absolute Gasteiger partial charge is 0.266 e. The van der Waals surface area contributed by atoms with Gasteiger partial charge in [-0.15, -0.1) is 0 Å². The second-order valence-electron chi connectivity index (χ2n) is 5.04. The quantitative estimate of drug-likeness (QED) is 0.851. The van der Waals surface area contributed by atoms with E-state index < -0.39 is 20.7 Å². The van der Waals surface area contributed by atoms with Crippen molar-refractivity contribution in [2.75, 3.05) is 10.5 Å². The Balaban J connectivity index is 2.33. The Kier molecular flexibility index (Phi) is 4.18. The lowest BCUT2D eigenvalue weighted by molar-refractivity contribution is 0.572. The van der Waals surface area contributed by atoms with Crippen molar-refractivity contribution in [2.24, 2.45) is 0 Å². The first-order valence-corrected chi connectivity index (χ1v) is 7.96. The highest BCUT2D eigenvalue weighted by molar-refractivity contribution is 7.92. The third-order valence-electron chi connectivity index (χ3n) is 3.10. The van der Waals surface area contributed by atoms with Gasteiger partial charge in [0.25, 0.3) is 10.0 Å². The van der Waals surface area contributed by atoms with Crippen LogP contribution in [0.2, 0.25) is 0 Å². The minimum Gasteiger partial charge on any atom is -0.398 e. The van der Waals surface area contributed by atoms with Crippen molar-refractivity contribution in [1.29, 1.82) is 0 Å². The van der Waals surface area contributed by atoms with Crippen molar-refractivity contribution in [2.45, 2.75) is 24.7 Å². The normalized spacial score (nSPS) is 11.6. The molecule has 4 nitrogen and oxygen atoms in total. The number of benzene rings is 2. The Morgan fingerprint density at radius 2 is 1.71 bits per heavy atom. The number of nitrogens with one attached hydrogen (secondary N) is 1. The highest BCUT2D eigenvalue weighted by atomic mass is 32.2. The minimum atomic E-state index is -4.06. The molecule has 21 heavy (non-hydrogen) atoms. The largest absolute Gasteiger partial charge is 0.398 e. The maximum atomic E-state index is 13.7. The maximum absolute atomic E-state index is 13.7. The third kappa shape index (κ3) is 3.33. The van der Waals surface area contributed by atoms with E-state index in [4.69, 9.17) is 5.73 Å². The molecular formula is C15H17FN2O2S. The summed E-state index contributed by atoms with van der Waals surface area (Å²) in [6.07, 6.45) is 0. The van der Waals surface area contributed by atoms with Crippen LogP contribution in [0.4, 0.5) is 15.8 Å². The van der Waals surface area contributed by atoms with Crippen LogP contribution in [0.5, 0.6) is 0 Å². The molecule has 2 aromatic carbocycles. The van der Waals surface area contributed by atoms with Crippen molar-refractivity contribution in [1.82, 2.24) is 0 Å². The molecule has 0 aromatic heterocycles. The van der Waals surface area contributed by atoms with Gasteiger partial charge >= 0.3 is 0 Å². The molecule has 3 N–H and O–H groups in total. The van der Waals surface area contributed by atoms with Crippen molar-refractivity contribution in [3.63, 3.8) is 0 Å². The Morgan fingerprint density at radius 1 is 1.10 bits per heavy atom. The van der Waals surface area contributed by atoms with Crippen molar-refractivity contribution >= 4 is 21.4 Å². The van der Waals surface area contributed by atoms with Gasteiger partial charge in [0.2, 0.25) is 0 Å². The summed E-state index contributed by atoms with van der Waals surface area (Å²) in [5, 5.41) is 0. The molecule has 0 atom stereocenters. The lowest BCUT2D eigenvalue weighted by Gasteiger charge is -2.12. The first-order valence-electron chi connectivity index (χ1n) is 6.48. The number of nitrogen functional groups attached to an aromatic ring is 1. The van der Waals surface area contributed by atoms with Gasteiger partial charge in [-0.05, 0) is 35.7 Å². The molecule has 0 aliphatic carbocycles. The average molecular weight is 308 g/mol. The lowest BCUT2D eigenvalue weighted by Crippen LogP contribution is -2.16. The molecule has 0 amide bonds. The molecule has 112 valence electrons. The average Bonchev–Trinajstić information content (AvgIpc) is 2.38. The fourth-order valence-corrected chi connectivity index (χ4v) is 3.20. The van der Waals surface area contributed by atoms with E-state index in [1.54, 1.807) is 12.1 Å². The Hall–Kier alpha value is -2.08. The van der Waals surface area contributed by atoms with Crippen molar-refractivity contribution in [3.8, 4) is 0 Å². The highest BCUT2D eigenvalue weighted by Gasteiger charge is 2.22. The van der Waals surface area contributed by atoms with E-state index in [1.165, 1.54) is 12.1 Å². The fourth-order valence-electron chi connectivity index (χ4n) is 1.95. The summed E-state index contributed by atoms with van der Waals surface area (Å²) in [7, 11) is -4.06. The van der Waals surface area contributed by atoms with E-state index in [0.29, 0.717) is 11.6 Å². The van der Waals surface area contributed by atoms with E-state index in [-0.39, 0.29) is 5.69 Å². The Morgan fingerprint density at radius 3 is 2.24 bits per heavy atom. The van der Waals surface area contributed by atoms with Crippen LogP contribution < -0.4 is 10.5 Å². The molecule has 0 aliphatic heterocycles. The second kappa shape index (κ2) is 5.73. The highest BCUT2D eigenvalue weighted by Crippen LogP contribution is 2.25. The number of nitrogens with two attached hydrogens (primary N) is 1. The van der Waals surface area contributed by atoms with Crippen LogP contribution in [0.25, 0.3) is 0 Å². The van der Waals surface area contributed by atoms with Gasteiger partial charge in [-0.2, -0.15) is 0 Å². The molecule has 0 spiro atoms. The molecule has 0 saturated carbocycles. The number of hydrogen-bond acceptors (Lipinski definition) is 3. The van der Waals surface area contributed by atoms with Gasteiger partial charge in [0.05, 0.1) is 5.69 Å². The zero-order valence-corrected chi connectivity index (χ0v) is 12.6. The minimum absolute atomic E-state index is 0.124. The Labute approximate surface area is 123 Å². The molecule has 0 heterocycles. The molecule has 0 radical (unpaired) electrons. The van der Waals surface area contributed by atoms with Crippen LogP contribution in [-0.4, -0.2) is 8.42 Å². The SMILES string of the molecule is CC(C)c1ccc(NS(=O)(=O)c2c(N)cccc2F)cc1. The summed E-state index contributed by atoms with van der Waals surface area (Å²) in [5.74, 6) is -0.529. The molecule has 0 unspecified atom stereocenters. The standard InChI is InChI=1S/C15H17FN2O2S/c1-10(2)11-6-8-12(9-7-11)18-21(19,20)15-13(16)4-3-5-14(15)17/h3-10,18H,17H2,1-2H3. The van der Waals surface area contributed by atoms with Crippen molar-refractivity contribution in [3.05, 3.63) is 53.8 Å². The number of rotatable bonds is 4. The van der Waals surface area contributed by atoms with Crippen LogP contribution in [0.15, 0.2) is 47.4 Å². The molecule has 6 heteroatoms. The van der Waals surface area contributed by atoms with Gasteiger partial charge in [0.15, 0.2) is 0 Å². The van der Waals surface area contributed by atoms with E-state index >= 15 is 0 Å². The summed E-state index contributed by atoms with van der Waals surface area (Å²) in [5.41, 5.74) is 6.89. The zero-order valence-electron chi connectivity index (χ0n) is 11.8. The van der Waals surface area contributed by atoms with Crippen molar-refractivity contribution < 1.29 is 12.8 Å². The summed E-state index contributed by atoms with van der Waals surface area (Å²) in [6.45, 7) is 4.08. The van der Waals surface area contributed by atoms with E-state index in [1.807, 2.05) is 26.0 Å².